The lowest BCUT2D eigenvalue weighted by atomic mass is 9.83. The second-order valence-corrected chi connectivity index (χ2v) is 15.6. The van der Waals surface area contributed by atoms with Gasteiger partial charge in [0.1, 0.15) is 0 Å². The van der Waals surface area contributed by atoms with Crippen LogP contribution >= 0.6 is 0 Å². The van der Waals surface area contributed by atoms with Crippen molar-refractivity contribution < 1.29 is 0 Å². The first-order valence-corrected chi connectivity index (χ1v) is 20.4. The number of para-hydroxylation sites is 1. The van der Waals surface area contributed by atoms with Gasteiger partial charge in [0.15, 0.2) is 0 Å². The van der Waals surface area contributed by atoms with Gasteiger partial charge < -0.3 is 4.57 Å². The van der Waals surface area contributed by atoms with Crippen LogP contribution in [0, 0.1) is 0 Å². The highest BCUT2D eigenvalue weighted by Gasteiger charge is 2.20. The summed E-state index contributed by atoms with van der Waals surface area (Å²) in [6, 6.07) is 82.7. The van der Waals surface area contributed by atoms with Crippen LogP contribution in [-0.4, -0.2) is 4.57 Å². The van der Waals surface area contributed by atoms with E-state index in [1.165, 1.54) is 109 Å². The van der Waals surface area contributed by atoms with Crippen molar-refractivity contribution in [2.45, 2.75) is 0 Å². The predicted molar refractivity (Wildman–Crippen MR) is 253 cm³/mol. The number of nitrogens with zero attached hydrogens (tertiary/aromatic N) is 1. The van der Waals surface area contributed by atoms with Gasteiger partial charge in [-0.05, 0) is 123 Å². The smallest absolute Gasteiger partial charge is 0.0540 e. The maximum absolute atomic E-state index is 2.44. The number of rotatable bonds is 5. The molecule has 11 aromatic carbocycles. The van der Waals surface area contributed by atoms with Crippen molar-refractivity contribution in [2.24, 2.45) is 0 Å². The summed E-state index contributed by atoms with van der Waals surface area (Å²) in [6.07, 6.45) is 0. The van der Waals surface area contributed by atoms with Crippen LogP contribution < -0.4 is 0 Å². The summed E-state index contributed by atoms with van der Waals surface area (Å²) in [7, 11) is 0. The van der Waals surface area contributed by atoms with E-state index in [-0.39, 0.29) is 0 Å². The van der Waals surface area contributed by atoms with Crippen LogP contribution in [-0.2, 0) is 0 Å². The molecule has 0 spiro atoms. The first-order chi connectivity index (χ1) is 29.3. The van der Waals surface area contributed by atoms with E-state index in [2.05, 4.69) is 229 Å². The zero-order valence-corrected chi connectivity index (χ0v) is 32.3. The highest BCUT2D eigenvalue weighted by Crippen LogP contribution is 2.47. The zero-order chi connectivity index (χ0) is 38.9. The molecule has 0 aliphatic carbocycles. The Labute approximate surface area is 342 Å². The molecule has 0 saturated carbocycles. The van der Waals surface area contributed by atoms with Crippen molar-refractivity contribution in [2.75, 3.05) is 0 Å². The minimum Gasteiger partial charge on any atom is -0.309 e. The monoisotopic (exact) mass is 747 g/mol. The van der Waals surface area contributed by atoms with Crippen LogP contribution in [0.5, 0.6) is 0 Å². The quantitative estimate of drug-likeness (QED) is 0.155. The SMILES string of the molecule is c1ccc2cc(-n3c(-c4ccc(-c5ccc6c(-c7cccc8ccccc78)c7ccccc7c(-c7cccc8ccccc78)c6c5)cc4)cc4ccccc43)ccc2c1. The Morgan fingerprint density at radius 3 is 1.42 bits per heavy atom. The number of hydrogen-bond acceptors (Lipinski definition) is 0. The summed E-state index contributed by atoms with van der Waals surface area (Å²) in [5.74, 6) is 0. The third-order valence-corrected chi connectivity index (χ3v) is 12.4. The molecular formula is C58H37N. The van der Waals surface area contributed by atoms with Gasteiger partial charge in [-0.15, -0.1) is 0 Å². The van der Waals surface area contributed by atoms with Gasteiger partial charge in [0, 0.05) is 11.1 Å². The molecule has 1 nitrogen and oxygen atoms in total. The average molecular weight is 748 g/mol. The fourth-order valence-electron chi connectivity index (χ4n) is 9.62. The fourth-order valence-corrected chi connectivity index (χ4v) is 9.62. The Bertz CT molecular complexity index is 3590. The Kier molecular flexibility index (Phi) is 7.61. The molecule has 0 N–H and O–H groups in total. The molecular weight excluding hydrogens is 711 g/mol. The Morgan fingerprint density at radius 1 is 0.254 bits per heavy atom. The van der Waals surface area contributed by atoms with Gasteiger partial charge in [-0.2, -0.15) is 0 Å². The maximum Gasteiger partial charge on any atom is 0.0540 e. The highest BCUT2D eigenvalue weighted by molar-refractivity contribution is 6.25. The summed E-state index contributed by atoms with van der Waals surface area (Å²) in [4.78, 5) is 0. The van der Waals surface area contributed by atoms with Crippen LogP contribution in [0.15, 0.2) is 224 Å². The van der Waals surface area contributed by atoms with E-state index >= 15 is 0 Å². The molecule has 0 aliphatic rings. The van der Waals surface area contributed by atoms with Crippen molar-refractivity contribution in [3.63, 3.8) is 0 Å². The van der Waals surface area contributed by atoms with Crippen molar-refractivity contribution >= 4 is 64.8 Å². The van der Waals surface area contributed by atoms with Crippen LogP contribution in [0.25, 0.3) is 115 Å². The van der Waals surface area contributed by atoms with Gasteiger partial charge in [-0.3, -0.25) is 0 Å². The van der Waals surface area contributed by atoms with Gasteiger partial charge in [-0.1, -0.05) is 194 Å². The van der Waals surface area contributed by atoms with Crippen molar-refractivity contribution in [3.05, 3.63) is 224 Å². The molecule has 0 unspecified atom stereocenters. The molecule has 0 saturated heterocycles. The van der Waals surface area contributed by atoms with Crippen LogP contribution in [0.3, 0.4) is 0 Å². The molecule has 0 aliphatic heterocycles. The molecule has 12 rings (SSSR count). The van der Waals surface area contributed by atoms with Crippen molar-refractivity contribution in [1.82, 2.24) is 4.57 Å². The van der Waals surface area contributed by atoms with E-state index in [0.717, 1.165) is 5.69 Å². The van der Waals surface area contributed by atoms with E-state index in [9.17, 15) is 0 Å². The summed E-state index contributed by atoms with van der Waals surface area (Å²) in [6.45, 7) is 0. The zero-order valence-electron chi connectivity index (χ0n) is 32.3. The predicted octanol–water partition coefficient (Wildman–Crippen LogP) is 16.1. The number of hydrogen-bond donors (Lipinski definition) is 0. The highest BCUT2D eigenvalue weighted by atomic mass is 15.0. The molecule has 1 heterocycles. The van der Waals surface area contributed by atoms with E-state index in [1.54, 1.807) is 0 Å². The Balaban J connectivity index is 1.07. The molecule has 12 aromatic rings. The number of fused-ring (bicyclic) bond motifs is 6. The molecule has 0 amide bonds. The molecule has 59 heavy (non-hydrogen) atoms. The van der Waals surface area contributed by atoms with E-state index in [1.807, 2.05) is 0 Å². The van der Waals surface area contributed by atoms with E-state index in [4.69, 9.17) is 0 Å². The number of aromatic nitrogens is 1. The second-order valence-electron chi connectivity index (χ2n) is 15.6. The molecule has 1 heteroatoms. The summed E-state index contributed by atoms with van der Waals surface area (Å²) in [5.41, 5.74) is 12.2. The fraction of sp³-hybridized carbons (Fsp3) is 0. The molecule has 274 valence electrons. The lowest BCUT2D eigenvalue weighted by molar-refractivity contribution is 1.14. The molecule has 1 aromatic heterocycles. The normalized spacial score (nSPS) is 11.7. The summed E-state index contributed by atoms with van der Waals surface area (Å²) >= 11 is 0. The Morgan fingerprint density at radius 2 is 0.746 bits per heavy atom. The van der Waals surface area contributed by atoms with Gasteiger partial charge >= 0.3 is 0 Å². The molecule has 0 bridgehead atoms. The summed E-state index contributed by atoms with van der Waals surface area (Å²) in [5, 5.41) is 13.7. The van der Waals surface area contributed by atoms with E-state index < -0.39 is 0 Å². The minimum absolute atomic E-state index is 1.16. The molecule has 0 atom stereocenters. The Hall–Kier alpha value is -7.74. The average Bonchev–Trinajstić information content (AvgIpc) is 3.70. The van der Waals surface area contributed by atoms with Gasteiger partial charge in [-0.25, -0.2) is 0 Å². The first-order valence-electron chi connectivity index (χ1n) is 20.4. The van der Waals surface area contributed by atoms with Crippen LogP contribution in [0.2, 0.25) is 0 Å². The third kappa shape index (κ3) is 5.40. The van der Waals surface area contributed by atoms with Crippen LogP contribution in [0.1, 0.15) is 0 Å². The lowest BCUT2D eigenvalue weighted by Crippen LogP contribution is -1.97. The largest absolute Gasteiger partial charge is 0.309 e. The first kappa shape index (κ1) is 33.4. The molecule has 0 radical (unpaired) electrons. The van der Waals surface area contributed by atoms with Crippen molar-refractivity contribution in [1.29, 1.82) is 0 Å². The minimum atomic E-state index is 1.16. The summed E-state index contributed by atoms with van der Waals surface area (Å²) < 4.78 is 2.41. The van der Waals surface area contributed by atoms with Crippen molar-refractivity contribution in [3.8, 4) is 50.3 Å². The van der Waals surface area contributed by atoms with Gasteiger partial charge in [0.25, 0.3) is 0 Å². The van der Waals surface area contributed by atoms with Crippen LogP contribution in [0.4, 0.5) is 0 Å². The topological polar surface area (TPSA) is 4.93 Å². The second kappa shape index (κ2) is 13.4. The standard InChI is InChI=1S/C58H37N/c1-2-16-43-35-46(33-31-38(43)13-1)59-55-26-10-5-17-45(55)37-56(59)42-29-27-39(28-30-42)44-32-34-53-54(36-44)58(50-25-12-19-41-15-4-7-21-48(41)50)52-23-9-8-22-51(52)57(53)49-24-11-18-40-14-3-6-20-47(40)49/h1-37H. The van der Waals surface area contributed by atoms with Gasteiger partial charge in [0.2, 0.25) is 0 Å². The lowest BCUT2D eigenvalue weighted by Gasteiger charge is -2.20. The van der Waals surface area contributed by atoms with Gasteiger partial charge in [0.05, 0.1) is 11.2 Å². The molecule has 0 fully saturated rings. The maximum atomic E-state index is 2.44. The van der Waals surface area contributed by atoms with E-state index in [0.29, 0.717) is 0 Å². The third-order valence-electron chi connectivity index (χ3n) is 12.4. The number of benzene rings is 11.